The zero-order valence-electron chi connectivity index (χ0n) is 18.3. The summed E-state index contributed by atoms with van der Waals surface area (Å²) in [5.74, 6) is 1.37. The Morgan fingerprint density at radius 2 is 1.97 bits per heavy atom. The van der Waals surface area contributed by atoms with Crippen molar-refractivity contribution in [2.75, 3.05) is 5.73 Å². The number of phosphoric ester groups is 1. The lowest BCUT2D eigenvalue weighted by Crippen LogP contribution is -2.38. The first-order valence-electron chi connectivity index (χ1n) is 10.3. The van der Waals surface area contributed by atoms with E-state index in [2.05, 4.69) is 14.7 Å². The summed E-state index contributed by atoms with van der Waals surface area (Å²) in [6, 6.07) is 14.9. The van der Waals surface area contributed by atoms with E-state index in [-0.39, 0.29) is 5.82 Å². The molecule has 0 saturated heterocycles. The van der Waals surface area contributed by atoms with E-state index in [4.69, 9.17) is 19.9 Å². The lowest BCUT2D eigenvalue weighted by atomic mass is 10.1. The molecule has 34 heavy (non-hydrogen) atoms. The number of anilines is 1. The molecule has 0 spiro atoms. The molecule has 176 valence electrons. The summed E-state index contributed by atoms with van der Waals surface area (Å²) in [7, 11) is -4.87. The van der Waals surface area contributed by atoms with Crippen molar-refractivity contribution in [2.24, 2.45) is 0 Å². The van der Waals surface area contributed by atoms with E-state index >= 15 is 0 Å². The number of aryl methyl sites for hydroxylation is 1. The number of phosphoric acid groups is 1. The first kappa shape index (κ1) is 23.6. The highest BCUT2D eigenvalue weighted by atomic mass is 31.2. The van der Waals surface area contributed by atoms with Gasteiger partial charge in [-0.05, 0) is 48.4 Å². The van der Waals surface area contributed by atoms with Crippen LogP contribution >= 0.6 is 7.82 Å². The molecule has 0 saturated carbocycles. The Labute approximate surface area is 195 Å². The third kappa shape index (κ3) is 6.27. The minimum absolute atomic E-state index is 0.198. The first-order chi connectivity index (χ1) is 16.3. The minimum atomic E-state index is -4.87. The van der Waals surface area contributed by atoms with Gasteiger partial charge < -0.3 is 19.0 Å². The van der Waals surface area contributed by atoms with Crippen LogP contribution in [0.2, 0.25) is 0 Å². The van der Waals surface area contributed by atoms with Gasteiger partial charge in [0.25, 0.3) is 13.6 Å². The van der Waals surface area contributed by atoms with Gasteiger partial charge in [0.2, 0.25) is 0 Å². The second-order valence-corrected chi connectivity index (χ2v) is 8.86. The fraction of sp³-hybridized carbons (Fsp3) is 0.174. The summed E-state index contributed by atoms with van der Waals surface area (Å²) in [5, 5.41) is 4.11. The Bertz CT molecular complexity index is 1320. The van der Waals surface area contributed by atoms with E-state index in [9.17, 15) is 9.46 Å². The molecule has 1 unspecified atom stereocenters. The van der Waals surface area contributed by atoms with E-state index < -0.39 is 14.6 Å². The van der Waals surface area contributed by atoms with Crippen molar-refractivity contribution in [3.8, 4) is 17.1 Å². The summed E-state index contributed by atoms with van der Waals surface area (Å²) in [5.41, 5.74) is 10.4. The number of hydrogen-bond donors (Lipinski definition) is 2. The van der Waals surface area contributed by atoms with Crippen LogP contribution < -0.4 is 19.9 Å². The highest BCUT2D eigenvalue weighted by Gasteiger charge is 2.18. The highest BCUT2D eigenvalue weighted by Crippen LogP contribution is 2.30. The largest absolute Gasteiger partial charge is 0.756 e. The molecule has 0 aliphatic heterocycles. The van der Waals surface area contributed by atoms with Crippen molar-refractivity contribution in [3.63, 3.8) is 0 Å². The van der Waals surface area contributed by atoms with Crippen LogP contribution in [-0.4, -0.2) is 15.0 Å². The Balaban J connectivity index is 1.40. The highest BCUT2D eigenvalue weighted by molar-refractivity contribution is 7.44. The molecule has 3 aromatic heterocycles. The smallest absolute Gasteiger partial charge is 0.285 e. The molecule has 1 atom stereocenters. The molecule has 3 N–H and O–H groups in total. The van der Waals surface area contributed by atoms with Crippen molar-refractivity contribution >= 4 is 13.6 Å². The lowest BCUT2D eigenvalue weighted by molar-refractivity contribution is -0.712. The monoisotopic (exact) mass is 482 g/mol. The van der Waals surface area contributed by atoms with Crippen LogP contribution in [0.5, 0.6) is 5.75 Å². The SMILES string of the molecule is Cc1cncc(COc2ccc(Cc3cc(-c4ccc[n+](COP(=O)([O-])O)c4N)on3)cc2)c1. The predicted molar refractivity (Wildman–Crippen MR) is 120 cm³/mol. The van der Waals surface area contributed by atoms with Crippen LogP contribution in [0.3, 0.4) is 0 Å². The number of aromatic nitrogens is 3. The summed E-state index contributed by atoms with van der Waals surface area (Å²) in [6.07, 6.45) is 5.64. The van der Waals surface area contributed by atoms with Gasteiger partial charge in [-0.2, -0.15) is 0 Å². The maximum atomic E-state index is 10.9. The molecule has 10 nitrogen and oxygen atoms in total. The fourth-order valence-electron chi connectivity index (χ4n) is 3.32. The topological polar surface area (TPSA) is 148 Å². The molecular weight excluding hydrogens is 459 g/mol. The molecule has 4 aromatic rings. The second-order valence-electron chi connectivity index (χ2n) is 7.67. The molecule has 4 rings (SSSR count). The Hall–Kier alpha value is -3.56. The molecule has 0 aliphatic carbocycles. The Kier molecular flexibility index (Phi) is 7.04. The van der Waals surface area contributed by atoms with Crippen molar-refractivity contribution in [1.82, 2.24) is 10.1 Å². The average molecular weight is 482 g/mol. The average Bonchev–Trinajstić information content (AvgIpc) is 3.25. The van der Waals surface area contributed by atoms with E-state index in [0.29, 0.717) is 30.0 Å². The summed E-state index contributed by atoms with van der Waals surface area (Å²) in [4.78, 5) is 23.8. The molecule has 0 amide bonds. The molecule has 0 fully saturated rings. The van der Waals surface area contributed by atoms with Gasteiger partial charge in [0.15, 0.2) is 12.5 Å². The number of rotatable bonds is 9. The molecular formula is C23H23N4O6P. The van der Waals surface area contributed by atoms with Crippen LogP contribution in [0.15, 0.2) is 71.6 Å². The Morgan fingerprint density at radius 3 is 2.71 bits per heavy atom. The standard InChI is InChI=1S/C23H23N4O6P/c1-16-9-18(13-25-12-16)14-31-20-6-4-17(5-7-20)10-19-11-22(33-26-19)21-3-2-8-27(23(21)24)15-32-34(28,29)30/h2-9,11-13,24H,10,14-15H2,1H3,(H2,28,29,30). The number of ether oxygens (including phenoxy) is 1. The normalized spacial score (nSPS) is 12.9. The number of benzene rings is 1. The van der Waals surface area contributed by atoms with Crippen molar-refractivity contribution in [3.05, 3.63) is 89.5 Å². The van der Waals surface area contributed by atoms with Crippen LogP contribution in [0.25, 0.3) is 11.3 Å². The summed E-state index contributed by atoms with van der Waals surface area (Å²) in [6.45, 7) is 1.96. The van der Waals surface area contributed by atoms with E-state index in [0.717, 1.165) is 22.4 Å². The van der Waals surface area contributed by atoms with Gasteiger partial charge in [-0.15, -0.1) is 0 Å². The second kappa shape index (κ2) is 10.1. The Morgan fingerprint density at radius 1 is 1.18 bits per heavy atom. The van der Waals surface area contributed by atoms with Crippen molar-refractivity contribution in [2.45, 2.75) is 26.7 Å². The maximum absolute atomic E-state index is 10.9. The van der Waals surface area contributed by atoms with E-state index in [1.54, 1.807) is 30.6 Å². The molecule has 3 heterocycles. The number of pyridine rings is 2. The van der Waals surface area contributed by atoms with Crippen LogP contribution in [0.1, 0.15) is 22.4 Å². The predicted octanol–water partition coefficient (Wildman–Crippen LogP) is 2.52. The van der Waals surface area contributed by atoms with Gasteiger partial charge in [-0.1, -0.05) is 17.3 Å². The zero-order chi connectivity index (χ0) is 24.1. The third-order valence-corrected chi connectivity index (χ3v) is 5.39. The van der Waals surface area contributed by atoms with Crippen LogP contribution in [0.4, 0.5) is 5.82 Å². The minimum Gasteiger partial charge on any atom is -0.756 e. The molecule has 1 aromatic carbocycles. The quantitative estimate of drug-likeness (QED) is 0.271. The first-order valence-corrected chi connectivity index (χ1v) is 11.8. The molecule has 0 aliphatic rings. The maximum Gasteiger partial charge on any atom is 0.285 e. The van der Waals surface area contributed by atoms with Gasteiger partial charge in [0.05, 0.1) is 11.9 Å². The number of hydrogen-bond acceptors (Lipinski definition) is 8. The number of nitrogen functional groups attached to an aromatic ring is 1. The fourth-order valence-corrected chi connectivity index (χ4v) is 3.59. The summed E-state index contributed by atoms with van der Waals surface area (Å²) >= 11 is 0. The van der Waals surface area contributed by atoms with E-state index in [1.807, 2.05) is 37.3 Å². The molecule has 11 heteroatoms. The van der Waals surface area contributed by atoms with Crippen molar-refractivity contribution < 1.29 is 32.7 Å². The number of nitrogens with zero attached hydrogens (tertiary/aromatic N) is 3. The van der Waals surface area contributed by atoms with Gasteiger partial charge in [-0.3, -0.25) is 19.8 Å². The van der Waals surface area contributed by atoms with Crippen LogP contribution in [0, 0.1) is 6.92 Å². The van der Waals surface area contributed by atoms with Gasteiger partial charge in [0.1, 0.15) is 17.9 Å². The van der Waals surface area contributed by atoms with E-state index in [1.165, 1.54) is 10.8 Å². The van der Waals surface area contributed by atoms with Gasteiger partial charge in [-0.25, -0.2) is 4.57 Å². The van der Waals surface area contributed by atoms with Crippen LogP contribution in [-0.2, 0) is 28.8 Å². The number of nitrogens with two attached hydrogens (primary N) is 1. The van der Waals surface area contributed by atoms with Gasteiger partial charge in [0, 0.05) is 30.4 Å². The summed E-state index contributed by atoms with van der Waals surface area (Å²) < 4.78 is 27.9. The van der Waals surface area contributed by atoms with Crippen molar-refractivity contribution in [1.29, 1.82) is 0 Å². The third-order valence-electron chi connectivity index (χ3n) is 4.94. The lowest BCUT2D eigenvalue weighted by Gasteiger charge is -2.14. The molecule has 0 bridgehead atoms. The zero-order valence-corrected chi connectivity index (χ0v) is 19.2. The molecule has 0 radical (unpaired) electrons. The van der Waals surface area contributed by atoms with Gasteiger partial charge >= 0.3 is 0 Å².